The molecule has 1 saturated carbocycles. The van der Waals surface area contributed by atoms with Crippen LogP contribution in [-0.4, -0.2) is 31.1 Å². The molecule has 14 heavy (non-hydrogen) atoms. The van der Waals surface area contributed by atoms with Crippen molar-refractivity contribution in [2.45, 2.75) is 45.3 Å². The fourth-order valence-electron chi connectivity index (χ4n) is 1.46. The fourth-order valence-corrected chi connectivity index (χ4v) is 2.91. The summed E-state index contributed by atoms with van der Waals surface area (Å²) >= 11 is 0. The van der Waals surface area contributed by atoms with Gasteiger partial charge in [0.1, 0.15) is 0 Å². The smallest absolute Gasteiger partial charge is 0.212 e. The minimum Gasteiger partial charge on any atom is -0.212 e. The van der Waals surface area contributed by atoms with Gasteiger partial charge in [-0.2, -0.15) is 0 Å². The average Bonchev–Trinajstić information content (AvgIpc) is 2.87. The largest absolute Gasteiger partial charge is 0.216 e. The number of rotatable bonds is 6. The zero-order valence-corrected chi connectivity index (χ0v) is 10.2. The number of hydrogen-bond acceptors (Lipinski definition) is 2. The van der Waals surface area contributed by atoms with E-state index in [4.69, 9.17) is 0 Å². The van der Waals surface area contributed by atoms with Crippen LogP contribution in [0.5, 0.6) is 0 Å². The first-order valence-electron chi connectivity index (χ1n) is 5.47. The standard InChI is InChI=1S/C10H21NO2S/c1-4-7-11(8-10-5-6-10)14(12,13)9(2)3/h9-10H,4-8H2,1-3H3. The van der Waals surface area contributed by atoms with Crippen LogP contribution < -0.4 is 0 Å². The predicted octanol–water partition coefficient (Wildman–Crippen LogP) is 1.85. The third-order valence-corrected chi connectivity index (χ3v) is 4.83. The molecule has 0 radical (unpaired) electrons. The molecule has 0 atom stereocenters. The number of nitrogens with zero attached hydrogens (tertiary/aromatic N) is 1. The highest BCUT2D eigenvalue weighted by Gasteiger charge is 2.31. The Morgan fingerprint density at radius 3 is 2.29 bits per heavy atom. The molecule has 4 heteroatoms. The molecule has 0 N–H and O–H groups in total. The Hall–Kier alpha value is -0.0900. The zero-order chi connectivity index (χ0) is 10.8. The van der Waals surface area contributed by atoms with Gasteiger partial charge in [0, 0.05) is 13.1 Å². The summed E-state index contributed by atoms with van der Waals surface area (Å²) < 4.78 is 25.5. The molecule has 0 heterocycles. The van der Waals surface area contributed by atoms with Crippen molar-refractivity contribution in [3.05, 3.63) is 0 Å². The molecule has 84 valence electrons. The summed E-state index contributed by atoms with van der Waals surface area (Å²) in [6, 6.07) is 0. The van der Waals surface area contributed by atoms with Crippen LogP contribution in [0.4, 0.5) is 0 Å². The van der Waals surface area contributed by atoms with Crippen LogP contribution in [0.25, 0.3) is 0 Å². The number of hydrogen-bond donors (Lipinski definition) is 0. The fraction of sp³-hybridized carbons (Fsp3) is 1.00. The maximum Gasteiger partial charge on any atom is 0.216 e. The molecule has 0 aromatic rings. The molecule has 0 unspecified atom stereocenters. The van der Waals surface area contributed by atoms with Crippen molar-refractivity contribution in [3.63, 3.8) is 0 Å². The summed E-state index contributed by atoms with van der Waals surface area (Å²) in [7, 11) is -3.02. The molecule has 1 fully saturated rings. The van der Waals surface area contributed by atoms with E-state index >= 15 is 0 Å². The van der Waals surface area contributed by atoms with E-state index in [1.54, 1.807) is 18.2 Å². The van der Waals surface area contributed by atoms with Gasteiger partial charge in [0.15, 0.2) is 0 Å². The Labute approximate surface area is 87.5 Å². The molecule has 1 rings (SSSR count). The highest BCUT2D eigenvalue weighted by molar-refractivity contribution is 7.89. The lowest BCUT2D eigenvalue weighted by Gasteiger charge is -2.23. The van der Waals surface area contributed by atoms with Crippen molar-refractivity contribution >= 4 is 10.0 Å². The minimum absolute atomic E-state index is 0.284. The van der Waals surface area contributed by atoms with E-state index in [2.05, 4.69) is 0 Å². The Morgan fingerprint density at radius 1 is 1.36 bits per heavy atom. The van der Waals surface area contributed by atoms with E-state index in [0.29, 0.717) is 12.5 Å². The van der Waals surface area contributed by atoms with E-state index in [1.165, 1.54) is 12.8 Å². The first-order valence-corrected chi connectivity index (χ1v) is 6.97. The molecule has 0 aromatic carbocycles. The summed E-state index contributed by atoms with van der Waals surface area (Å²) in [6.07, 6.45) is 3.31. The van der Waals surface area contributed by atoms with Crippen LogP contribution in [-0.2, 0) is 10.0 Å². The van der Waals surface area contributed by atoms with Crippen molar-refractivity contribution in [2.75, 3.05) is 13.1 Å². The van der Waals surface area contributed by atoms with Crippen LogP contribution >= 0.6 is 0 Å². The van der Waals surface area contributed by atoms with E-state index < -0.39 is 10.0 Å². The Kier molecular flexibility index (Phi) is 3.95. The monoisotopic (exact) mass is 219 g/mol. The van der Waals surface area contributed by atoms with Crippen LogP contribution in [0.2, 0.25) is 0 Å². The average molecular weight is 219 g/mol. The van der Waals surface area contributed by atoms with Crippen molar-refractivity contribution in [3.8, 4) is 0 Å². The first-order chi connectivity index (χ1) is 6.48. The third-order valence-electron chi connectivity index (χ3n) is 2.59. The second-order valence-electron chi connectivity index (χ2n) is 4.40. The first kappa shape index (κ1) is 12.0. The second-order valence-corrected chi connectivity index (χ2v) is 6.88. The van der Waals surface area contributed by atoms with Crippen LogP contribution in [0.3, 0.4) is 0 Å². The topological polar surface area (TPSA) is 37.4 Å². The predicted molar refractivity (Wildman–Crippen MR) is 58.6 cm³/mol. The molecule has 1 aliphatic rings. The molecule has 0 aromatic heterocycles. The van der Waals surface area contributed by atoms with E-state index in [9.17, 15) is 8.42 Å². The van der Waals surface area contributed by atoms with Crippen molar-refractivity contribution < 1.29 is 8.42 Å². The maximum atomic E-state index is 11.9. The molecule has 0 bridgehead atoms. The van der Waals surface area contributed by atoms with Gasteiger partial charge in [0.2, 0.25) is 10.0 Å². The zero-order valence-electron chi connectivity index (χ0n) is 9.36. The van der Waals surface area contributed by atoms with Crippen LogP contribution in [0.1, 0.15) is 40.0 Å². The van der Waals surface area contributed by atoms with Crippen LogP contribution in [0.15, 0.2) is 0 Å². The van der Waals surface area contributed by atoms with Gasteiger partial charge in [0.05, 0.1) is 5.25 Å². The quantitative estimate of drug-likeness (QED) is 0.683. The summed E-state index contributed by atoms with van der Waals surface area (Å²) in [4.78, 5) is 0. The lowest BCUT2D eigenvalue weighted by atomic mass is 10.4. The highest BCUT2D eigenvalue weighted by atomic mass is 32.2. The minimum atomic E-state index is -3.02. The van der Waals surface area contributed by atoms with Gasteiger partial charge in [-0.05, 0) is 39.0 Å². The summed E-state index contributed by atoms with van der Waals surface area (Å²) in [5.41, 5.74) is 0. The van der Waals surface area contributed by atoms with Gasteiger partial charge >= 0.3 is 0 Å². The Morgan fingerprint density at radius 2 is 1.93 bits per heavy atom. The van der Waals surface area contributed by atoms with E-state index in [0.717, 1.165) is 13.0 Å². The van der Waals surface area contributed by atoms with Gasteiger partial charge in [-0.25, -0.2) is 12.7 Å². The molecule has 3 nitrogen and oxygen atoms in total. The number of sulfonamides is 1. The lowest BCUT2D eigenvalue weighted by Crippen LogP contribution is -2.38. The lowest BCUT2D eigenvalue weighted by molar-refractivity contribution is 0.391. The Bertz CT molecular complexity index is 268. The van der Waals surface area contributed by atoms with E-state index in [-0.39, 0.29) is 5.25 Å². The summed E-state index contributed by atoms with van der Waals surface area (Å²) in [5.74, 6) is 0.634. The van der Waals surface area contributed by atoms with Gasteiger partial charge in [0.25, 0.3) is 0 Å². The van der Waals surface area contributed by atoms with Gasteiger partial charge in [-0.15, -0.1) is 0 Å². The van der Waals surface area contributed by atoms with Gasteiger partial charge in [-0.1, -0.05) is 6.92 Å². The summed E-state index contributed by atoms with van der Waals surface area (Å²) in [6.45, 7) is 6.96. The molecule has 0 saturated heterocycles. The second kappa shape index (κ2) is 4.62. The molecule has 0 aliphatic heterocycles. The summed E-state index contributed by atoms with van der Waals surface area (Å²) in [5, 5.41) is -0.284. The Balaban J connectivity index is 2.64. The highest BCUT2D eigenvalue weighted by Crippen LogP contribution is 2.31. The molecular weight excluding hydrogens is 198 g/mol. The normalized spacial score (nSPS) is 18.1. The van der Waals surface area contributed by atoms with E-state index in [1.807, 2.05) is 6.92 Å². The molecule has 1 aliphatic carbocycles. The van der Waals surface area contributed by atoms with Crippen molar-refractivity contribution in [1.29, 1.82) is 0 Å². The van der Waals surface area contributed by atoms with Gasteiger partial charge < -0.3 is 0 Å². The van der Waals surface area contributed by atoms with Crippen LogP contribution in [0, 0.1) is 5.92 Å². The molecule has 0 spiro atoms. The third kappa shape index (κ3) is 2.95. The molecular formula is C10H21NO2S. The van der Waals surface area contributed by atoms with Crippen molar-refractivity contribution in [1.82, 2.24) is 4.31 Å². The molecule has 0 amide bonds. The van der Waals surface area contributed by atoms with Crippen molar-refractivity contribution in [2.24, 2.45) is 5.92 Å². The van der Waals surface area contributed by atoms with Gasteiger partial charge in [-0.3, -0.25) is 0 Å². The maximum absolute atomic E-state index is 11.9. The SMILES string of the molecule is CCCN(CC1CC1)S(=O)(=O)C(C)C.